The van der Waals surface area contributed by atoms with E-state index in [-0.39, 0.29) is 0 Å². The SMILES string of the molecule is COc1ccc(-c2sn[n+](C[Si](C)(C)C)c2-c2ccc(OC)cc2)cc1. The van der Waals surface area contributed by atoms with E-state index in [0.29, 0.717) is 0 Å². The molecular weight excluding hydrogens is 360 g/mol. The second-order valence-corrected chi connectivity index (χ2v) is 13.6. The Balaban J connectivity index is 2.11. The van der Waals surface area contributed by atoms with Gasteiger partial charge in [0.05, 0.1) is 24.3 Å². The van der Waals surface area contributed by atoms with Crippen molar-refractivity contribution >= 4 is 19.6 Å². The molecular formula is C20H25N2O2SSi+. The number of aromatic nitrogens is 2. The van der Waals surface area contributed by atoms with Crippen LogP contribution in [0.5, 0.6) is 11.5 Å². The lowest BCUT2D eigenvalue weighted by Crippen LogP contribution is -2.48. The molecule has 136 valence electrons. The average Bonchev–Trinajstić information content (AvgIpc) is 3.03. The molecule has 0 aliphatic rings. The Bertz CT molecular complexity index is 868. The number of nitrogens with zero attached hydrogens (tertiary/aromatic N) is 2. The summed E-state index contributed by atoms with van der Waals surface area (Å²) < 4.78 is 17.6. The van der Waals surface area contributed by atoms with Crippen LogP contribution in [0.4, 0.5) is 0 Å². The monoisotopic (exact) mass is 385 g/mol. The fraction of sp³-hybridized carbons (Fsp3) is 0.300. The Labute approximate surface area is 160 Å². The van der Waals surface area contributed by atoms with Gasteiger partial charge in [-0.1, -0.05) is 24.3 Å². The Morgan fingerprint density at radius 1 is 0.846 bits per heavy atom. The molecule has 1 aromatic heterocycles. The Morgan fingerprint density at radius 3 is 1.81 bits per heavy atom. The van der Waals surface area contributed by atoms with E-state index in [1.54, 1.807) is 25.8 Å². The molecule has 2 aromatic carbocycles. The van der Waals surface area contributed by atoms with Crippen LogP contribution < -0.4 is 14.2 Å². The Morgan fingerprint density at radius 2 is 1.35 bits per heavy atom. The highest BCUT2D eigenvalue weighted by Crippen LogP contribution is 2.34. The molecule has 0 bridgehead atoms. The summed E-state index contributed by atoms with van der Waals surface area (Å²) in [5, 5.41) is 0. The lowest BCUT2D eigenvalue weighted by molar-refractivity contribution is -0.721. The van der Waals surface area contributed by atoms with Crippen LogP contribution in [0.15, 0.2) is 48.5 Å². The number of hydrogen-bond acceptors (Lipinski definition) is 4. The van der Waals surface area contributed by atoms with E-state index in [9.17, 15) is 0 Å². The molecule has 3 rings (SSSR count). The minimum absolute atomic E-state index is 0.860. The van der Waals surface area contributed by atoms with Gasteiger partial charge < -0.3 is 9.47 Å². The molecule has 0 spiro atoms. The van der Waals surface area contributed by atoms with Gasteiger partial charge in [-0.3, -0.25) is 0 Å². The van der Waals surface area contributed by atoms with Crippen molar-refractivity contribution in [2.45, 2.75) is 25.8 Å². The number of ether oxygens (including phenoxy) is 2. The van der Waals surface area contributed by atoms with Gasteiger partial charge in [0.15, 0.2) is 6.17 Å². The molecule has 1 heterocycles. The second kappa shape index (κ2) is 7.59. The lowest BCUT2D eigenvalue weighted by atomic mass is 10.1. The molecule has 0 aliphatic heterocycles. The van der Waals surface area contributed by atoms with Gasteiger partial charge in [-0.25, -0.2) is 0 Å². The Kier molecular flexibility index (Phi) is 5.43. The van der Waals surface area contributed by atoms with Crippen LogP contribution in [0, 0.1) is 0 Å². The van der Waals surface area contributed by atoms with E-state index < -0.39 is 8.07 Å². The third-order valence-electron chi connectivity index (χ3n) is 4.04. The third-order valence-corrected chi connectivity index (χ3v) is 6.18. The van der Waals surface area contributed by atoms with Gasteiger partial charge >= 0.3 is 0 Å². The van der Waals surface area contributed by atoms with Crippen molar-refractivity contribution in [1.29, 1.82) is 0 Å². The predicted molar refractivity (Wildman–Crippen MR) is 110 cm³/mol. The van der Waals surface area contributed by atoms with E-state index in [1.165, 1.54) is 10.6 Å². The fourth-order valence-electron chi connectivity index (χ4n) is 2.81. The number of rotatable bonds is 6. The fourth-order valence-corrected chi connectivity index (χ4v) is 4.91. The number of benzene rings is 2. The summed E-state index contributed by atoms with van der Waals surface area (Å²) in [7, 11) is 2.06. The minimum atomic E-state index is -1.32. The van der Waals surface area contributed by atoms with Crippen molar-refractivity contribution in [3.8, 4) is 33.2 Å². The van der Waals surface area contributed by atoms with Gasteiger partial charge in [0.2, 0.25) is 0 Å². The van der Waals surface area contributed by atoms with Crippen molar-refractivity contribution < 1.29 is 14.2 Å². The Hall–Kier alpha value is -2.18. The van der Waals surface area contributed by atoms with Crippen molar-refractivity contribution in [2.75, 3.05) is 14.2 Å². The minimum Gasteiger partial charge on any atom is -0.497 e. The van der Waals surface area contributed by atoms with Crippen molar-refractivity contribution in [3.63, 3.8) is 0 Å². The van der Waals surface area contributed by atoms with Crippen molar-refractivity contribution in [1.82, 2.24) is 4.49 Å². The topological polar surface area (TPSA) is 35.2 Å². The van der Waals surface area contributed by atoms with E-state index in [2.05, 4.69) is 48.6 Å². The summed E-state index contributed by atoms with van der Waals surface area (Å²) in [5.74, 6) is 1.72. The summed E-state index contributed by atoms with van der Waals surface area (Å²) in [6, 6.07) is 16.4. The van der Waals surface area contributed by atoms with Crippen LogP contribution >= 0.6 is 11.5 Å². The maximum absolute atomic E-state index is 5.31. The third kappa shape index (κ3) is 4.13. The highest BCUT2D eigenvalue weighted by atomic mass is 32.1. The number of methoxy groups -OCH3 is 2. The van der Waals surface area contributed by atoms with Crippen LogP contribution in [0.3, 0.4) is 0 Å². The molecule has 0 N–H and O–H groups in total. The van der Waals surface area contributed by atoms with Crippen LogP contribution in [0.1, 0.15) is 0 Å². The zero-order valence-corrected chi connectivity index (χ0v) is 17.8. The average molecular weight is 386 g/mol. The highest BCUT2D eigenvalue weighted by molar-refractivity contribution is 7.09. The first-order chi connectivity index (χ1) is 12.4. The first-order valence-corrected chi connectivity index (χ1v) is 13.1. The van der Waals surface area contributed by atoms with Crippen LogP contribution in [-0.4, -0.2) is 26.8 Å². The van der Waals surface area contributed by atoms with Gasteiger partial charge in [-0.15, -0.1) is 0 Å². The van der Waals surface area contributed by atoms with Gasteiger partial charge in [0.25, 0.3) is 5.69 Å². The first kappa shape index (κ1) is 18.6. The molecule has 0 atom stereocenters. The van der Waals surface area contributed by atoms with Gasteiger partial charge in [-0.2, -0.15) is 0 Å². The molecule has 0 unspecified atom stereocenters. The smallest absolute Gasteiger partial charge is 0.259 e. The predicted octanol–water partition coefficient (Wildman–Crippen LogP) is 4.66. The highest BCUT2D eigenvalue weighted by Gasteiger charge is 2.30. The summed E-state index contributed by atoms with van der Waals surface area (Å²) >= 11 is 1.55. The molecule has 4 nitrogen and oxygen atoms in total. The molecule has 0 amide bonds. The standard InChI is InChI=1S/C20H25N2O2SSi/c1-23-17-10-6-15(7-11-17)19-20(16-8-12-18(24-2)13-9-16)25-21-22(19)14-26(3,4)5/h6-13H,14H2,1-5H3/q+1. The summed E-state index contributed by atoms with van der Waals surface area (Å²) in [6.07, 6.45) is 0.987. The molecule has 3 aromatic rings. The molecule has 0 aliphatic carbocycles. The molecule has 26 heavy (non-hydrogen) atoms. The first-order valence-electron chi connectivity index (χ1n) is 8.60. The molecule has 0 radical (unpaired) electrons. The second-order valence-electron chi connectivity index (χ2n) is 7.43. The van der Waals surface area contributed by atoms with Crippen molar-refractivity contribution in [3.05, 3.63) is 48.5 Å². The maximum atomic E-state index is 5.31. The molecule has 6 heteroatoms. The summed E-state index contributed by atoms with van der Waals surface area (Å²) in [6.45, 7) is 7.10. The maximum Gasteiger partial charge on any atom is 0.259 e. The molecule has 0 saturated heterocycles. The largest absolute Gasteiger partial charge is 0.497 e. The number of hydrogen-bond donors (Lipinski definition) is 0. The van der Waals surface area contributed by atoms with E-state index in [4.69, 9.17) is 14.0 Å². The van der Waals surface area contributed by atoms with Crippen LogP contribution in [0.25, 0.3) is 21.7 Å². The van der Waals surface area contributed by atoms with Crippen molar-refractivity contribution in [2.24, 2.45) is 0 Å². The lowest BCUT2D eigenvalue weighted by Gasteiger charge is -2.10. The van der Waals surface area contributed by atoms with Crippen LogP contribution in [0.2, 0.25) is 19.6 Å². The van der Waals surface area contributed by atoms with Gasteiger partial charge in [-0.05, 0) is 48.5 Å². The van der Waals surface area contributed by atoms with E-state index >= 15 is 0 Å². The summed E-state index contributed by atoms with van der Waals surface area (Å²) in [5.41, 5.74) is 3.48. The zero-order chi connectivity index (χ0) is 18.7. The van der Waals surface area contributed by atoms with Gasteiger partial charge in [0.1, 0.15) is 24.5 Å². The quantitative estimate of drug-likeness (QED) is 0.457. The summed E-state index contributed by atoms with van der Waals surface area (Å²) in [4.78, 5) is 1.18. The van der Waals surface area contributed by atoms with Gasteiger partial charge in [0, 0.05) is 17.1 Å². The van der Waals surface area contributed by atoms with E-state index in [0.717, 1.165) is 28.8 Å². The normalized spacial score (nSPS) is 11.4. The molecule has 0 saturated carbocycles. The van der Waals surface area contributed by atoms with Crippen LogP contribution in [-0.2, 0) is 6.17 Å². The van der Waals surface area contributed by atoms with E-state index in [1.807, 2.05) is 24.3 Å². The molecule has 0 fully saturated rings. The zero-order valence-electron chi connectivity index (χ0n) is 15.9.